The maximum atomic E-state index is 4.34. The van der Waals surface area contributed by atoms with Crippen LogP contribution >= 0.6 is 0 Å². The van der Waals surface area contributed by atoms with Gasteiger partial charge >= 0.3 is 0 Å². The minimum atomic E-state index is 0.819. The van der Waals surface area contributed by atoms with Crippen LogP contribution in [-0.2, 0) is 6.42 Å². The fraction of sp³-hybridized carbons (Fsp3) is 0.444. The molecule has 1 aromatic heterocycles. The lowest BCUT2D eigenvalue weighted by atomic mass is 10.1. The molecule has 0 aliphatic rings. The largest absolute Gasteiger partial charge is 0.370 e. The molecule has 1 aromatic carbocycles. The highest BCUT2D eigenvalue weighted by molar-refractivity contribution is 5.66. The predicted octanol–water partition coefficient (Wildman–Crippen LogP) is 3.45. The third-order valence-electron chi connectivity index (χ3n) is 3.75. The summed E-state index contributed by atoms with van der Waals surface area (Å²) in [4.78, 5) is 10.8. The molecule has 0 unspecified atom stereocenters. The van der Waals surface area contributed by atoms with Crippen LogP contribution in [-0.4, -0.2) is 42.1 Å². The molecule has 0 spiro atoms. The number of hydrogen-bond donors (Lipinski definition) is 2. The fourth-order valence-corrected chi connectivity index (χ4v) is 2.46. The van der Waals surface area contributed by atoms with Gasteiger partial charge in [-0.15, -0.1) is 0 Å². The molecule has 0 saturated carbocycles. The van der Waals surface area contributed by atoms with Crippen LogP contribution in [0.15, 0.2) is 30.6 Å². The van der Waals surface area contributed by atoms with Crippen molar-refractivity contribution in [3.05, 3.63) is 41.7 Å². The Morgan fingerprint density at radius 1 is 1.13 bits per heavy atom. The second-order valence-electron chi connectivity index (χ2n) is 5.96. The maximum absolute atomic E-state index is 4.34. The van der Waals surface area contributed by atoms with E-state index in [9.17, 15) is 0 Å². The third-order valence-corrected chi connectivity index (χ3v) is 3.75. The predicted molar refractivity (Wildman–Crippen MR) is 97.5 cm³/mol. The molecule has 5 nitrogen and oxygen atoms in total. The van der Waals surface area contributed by atoms with Gasteiger partial charge in [0.15, 0.2) is 0 Å². The molecular formula is C18H27N5. The first kappa shape index (κ1) is 17.2. The number of aromatic nitrogens is 2. The Morgan fingerprint density at radius 2 is 1.91 bits per heavy atom. The van der Waals surface area contributed by atoms with Gasteiger partial charge in [0.25, 0.3) is 0 Å². The van der Waals surface area contributed by atoms with Crippen LogP contribution in [0, 0.1) is 6.92 Å². The lowest BCUT2D eigenvalue weighted by Gasteiger charge is -2.14. The average molecular weight is 313 g/mol. The van der Waals surface area contributed by atoms with Gasteiger partial charge in [-0.2, -0.15) is 0 Å². The molecular weight excluding hydrogens is 286 g/mol. The molecule has 0 aliphatic heterocycles. The van der Waals surface area contributed by atoms with Crippen molar-refractivity contribution in [1.82, 2.24) is 14.9 Å². The number of nitrogens with zero attached hydrogens (tertiary/aromatic N) is 3. The molecule has 2 aromatic rings. The van der Waals surface area contributed by atoms with Crippen molar-refractivity contribution < 1.29 is 0 Å². The van der Waals surface area contributed by atoms with Crippen LogP contribution in [0.3, 0.4) is 0 Å². The summed E-state index contributed by atoms with van der Waals surface area (Å²) in [5.74, 6) is 1.67. The maximum Gasteiger partial charge on any atom is 0.135 e. The second kappa shape index (κ2) is 8.48. The molecule has 0 aliphatic carbocycles. The molecule has 23 heavy (non-hydrogen) atoms. The van der Waals surface area contributed by atoms with Gasteiger partial charge in [0, 0.05) is 18.3 Å². The Labute approximate surface area is 139 Å². The van der Waals surface area contributed by atoms with E-state index >= 15 is 0 Å². The lowest BCUT2D eigenvalue weighted by Crippen LogP contribution is -2.16. The first-order valence-corrected chi connectivity index (χ1v) is 8.16. The van der Waals surface area contributed by atoms with Crippen LogP contribution in [0.4, 0.5) is 17.3 Å². The zero-order chi connectivity index (χ0) is 16.7. The molecule has 0 bridgehead atoms. The number of anilines is 3. The Balaban J connectivity index is 2.03. The van der Waals surface area contributed by atoms with Crippen molar-refractivity contribution in [2.45, 2.75) is 26.7 Å². The van der Waals surface area contributed by atoms with E-state index in [1.165, 1.54) is 11.1 Å². The molecule has 5 heteroatoms. The van der Waals surface area contributed by atoms with E-state index < -0.39 is 0 Å². The van der Waals surface area contributed by atoms with Gasteiger partial charge in [-0.3, -0.25) is 0 Å². The Bertz CT molecular complexity index is 625. The number of nitrogens with one attached hydrogen (secondary N) is 2. The number of para-hydroxylation sites is 1. The van der Waals surface area contributed by atoms with Gasteiger partial charge in [0.05, 0.1) is 0 Å². The summed E-state index contributed by atoms with van der Waals surface area (Å²) < 4.78 is 0. The topological polar surface area (TPSA) is 53.1 Å². The van der Waals surface area contributed by atoms with Gasteiger partial charge < -0.3 is 15.5 Å². The van der Waals surface area contributed by atoms with E-state index in [1.54, 1.807) is 6.33 Å². The Hall–Kier alpha value is -2.14. The zero-order valence-electron chi connectivity index (χ0n) is 14.6. The highest BCUT2D eigenvalue weighted by Gasteiger charge is 2.06. The molecule has 0 fully saturated rings. The van der Waals surface area contributed by atoms with E-state index in [2.05, 4.69) is 71.6 Å². The lowest BCUT2D eigenvalue weighted by molar-refractivity contribution is 0.405. The van der Waals surface area contributed by atoms with Gasteiger partial charge in [0.2, 0.25) is 0 Å². The molecule has 0 atom stereocenters. The SMILES string of the molecule is CCc1cccc(C)c1Nc1cc(NCCCN(C)C)ncn1. The first-order chi connectivity index (χ1) is 11.1. The van der Waals surface area contributed by atoms with Crippen molar-refractivity contribution in [3.8, 4) is 0 Å². The minimum Gasteiger partial charge on any atom is -0.370 e. The highest BCUT2D eigenvalue weighted by atomic mass is 15.1. The van der Waals surface area contributed by atoms with Gasteiger partial charge in [0.1, 0.15) is 18.0 Å². The monoisotopic (exact) mass is 313 g/mol. The highest BCUT2D eigenvalue weighted by Crippen LogP contribution is 2.25. The van der Waals surface area contributed by atoms with E-state index in [1.807, 2.05) is 6.07 Å². The van der Waals surface area contributed by atoms with E-state index in [0.717, 1.165) is 43.3 Å². The van der Waals surface area contributed by atoms with E-state index in [0.29, 0.717) is 0 Å². The number of benzene rings is 1. The summed E-state index contributed by atoms with van der Waals surface area (Å²) in [5, 5.41) is 6.79. The molecule has 1 heterocycles. The molecule has 0 radical (unpaired) electrons. The fourth-order valence-electron chi connectivity index (χ4n) is 2.46. The van der Waals surface area contributed by atoms with E-state index in [-0.39, 0.29) is 0 Å². The van der Waals surface area contributed by atoms with Gasteiger partial charge in [-0.05, 0) is 51.5 Å². The minimum absolute atomic E-state index is 0.819. The normalized spacial score (nSPS) is 10.8. The molecule has 0 saturated heterocycles. The summed E-state index contributed by atoms with van der Waals surface area (Å²) >= 11 is 0. The van der Waals surface area contributed by atoms with Crippen LogP contribution < -0.4 is 10.6 Å². The third kappa shape index (κ3) is 5.21. The summed E-state index contributed by atoms with van der Waals surface area (Å²) in [5.41, 5.74) is 3.67. The summed E-state index contributed by atoms with van der Waals surface area (Å²) in [6.45, 7) is 6.24. The summed E-state index contributed by atoms with van der Waals surface area (Å²) in [6, 6.07) is 8.32. The van der Waals surface area contributed by atoms with Crippen LogP contribution in [0.2, 0.25) is 0 Å². The first-order valence-electron chi connectivity index (χ1n) is 8.16. The van der Waals surface area contributed by atoms with Crippen LogP contribution in [0.1, 0.15) is 24.5 Å². The van der Waals surface area contributed by atoms with Crippen LogP contribution in [0.25, 0.3) is 0 Å². The van der Waals surface area contributed by atoms with Gasteiger partial charge in [-0.25, -0.2) is 9.97 Å². The van der Waals surface area contributed by atoms with Crippen molar-refractivity contribution in [1.29, 1.82) is 0 Å². The summed E-state index contributed by atoms with van der Waals surface area (Å²) in [6.07, 6.45) is 3.67. The van der Waals surface area contributed by atoms with Gasteiger partial charge in [-0.1, -0.05) is 25.1 Å². The molecule has 124 valence electrons. The smallest absolute Gasteiger partial charge is 0.135 e. The summed E-state index contributed by atoms with van der Waals surface area (Å²) in [7, 11) is 4.17. The quantitative estimate of drug-likeness (QED) is 0.731. The zero-order valence-corrected chi connectivity index (χ0v) is 14.6. The second-order valence-corrected chi connectivity index (χ2v) is 5.96. The van der Waals surface area contributed by atoms with E-state index in [4.69, 9.17) is 0 Å². The van der Waals surface area contributed by atoms with Crippen molar-refractivity contribution in [2.75, 3.05) is 37.8 Å². The van der Waals surface area contributed by atoms with Crippen LogP contribution in [0.5, 0.6) is 0 Å². The molecule has 2 N–H and O–H groups in total. The number of rotatable bonds is 8. The Morgan fingerprint density at radius 3 is 2.65 bits per heavy atom. The van der Waals surface area contributed by atoms with Crippen molar-refractivity contribution >= 4 is 17.3 Å². The standard InChI is InChI=1S/C18H27N5/c1-5-15-9-6-8-14(2)18(15)22-17-12-16(20-13-21-17)19-10-7-11-23(3)4/h6,8-9,12-13H,5,7,10-11H2,1-4H3,(H2,19,20,21,22). The molecule has 2 rings (SSSR count). The molecule has 0 amide bonds. The Kier molecular flexibility index (Phi) is 6.35. The number of aryl methyl sites for hydroxylation is 2. The average Bonchev–Trinajstić information content (AvgIpc) is 2.54. The number of hydrogen-bond acceptors (Lipinski definition) is 5. The van der Waals surface area contributed by atoms with Crippen molar-refractivity contribution in [3.63, 3.8) is 0 Å². The van der Waals surface area contributed by atoms with Crippen molar-refractivity contribution in [2.24, 2.45) is 0 Å².